The lowest BCUT2D eigenvalue weighted by molar-refractivity contribution is -0.121. The van der Waals surface area contributed by atoms with E-state index in [9.17, 15) is 4.79 Å². The Kier molecular flexibility index (Phi) is 4.07. The molecule has 0 aliphatic carbocycles. The van der Waals surface area contributed by atoms with Crippen molar-refractivity contribution in [3.8, 4) is 0 Å². The summed E-state index contributed by atoms with van der Waals surface area (Å²) >= 11 is 0. The van der Waals surface area contributed by atoms with Crippen LogP contribution in [0.3, 0.4) is 0 Å². The van der Waals surface area contributed by atoms with Crippen molar-refractivity contribution < 1.29 is 4.79 Å². The summed E-state index contributed by atoms with van der Waals surface area (Å²) < 4.78 is 0. The molecule has 2 aromatic rings. The molecule has 1 heterocycles. The van der Waals surface area contributed by atoms with Crippen LogP contribution < -0.4 is 5.32 Å². The SMILES string of the molecule is CCC(=O)NC(c1ccccc1)c1ccncc1. The second-order valence-corrected chi connectivity index (χ2v) is 4.05. The highest BCUT2D eigenvalue weighted by molar-refractivity contribution is 5.76. The number of benzene rings is 1. The van der Waals surface area contributed by atoms with Crippen molar-refractivity contribution in [2.24, 2.45) is 0 Å². The maximum Gasteiger partial charge on any atom is 0.220 e. The average Bonchev–Trinajstić information content (AvgIpc) is 2.46. The van der Waals surface area contributed by atoms with Gasteiger partial charge in [0.15, 0.2) is 0 Å². The minimum Gasteiger partial charge on any atom is -0.345 e. The molecule has 3 nitrogen and oxygen atoms in total. The molecule has 1 aromatic heterocycles. The Morgan fingerprint density at radius 2 is 1.72 bits per heavy atom. The fourth-order valence-electron chi connectivity index (χ4n) is 1.82. The van der Waals surface area contributed by atoms with E-state index in [1.54, 1.807) is 12.4 Å². The van der Waals surface area contributed by atoms with Crippen molar-refractivity contribution >= 4 is 5.91 Å². The standard InChI is InChI=1S/C15H16N2O/c1-2-14(18)17-15(12-6-4-3-5-7-12)13-8-10-16-11-9-13/h3-11,15H,2H2,1H3,(H,17,18). The number of nitrogens with zero attached hydrogens (tertiary/aromatic N) is 1. The Labute approximate surface area is 107 Å². The van der Waals surface area contributed by atoms with E-state index < -0.39 is 0 Å². The highest BCUT2D eigenvalue weighted by atomic mass is 16.1. The van der Waals surface area contributed by atoms with Gasteiger partial charge in [-0.05, 0) is 23.3 Å². The number of aromatic nitrogens is 1. The molecule has 92 valence electrons. The first-order valence-corrected chi connectivity index (χ1v) is 6.05. The summed E-state index contributed by atoms with van der Waals surface area (Å²) in [5.41, 5.74) is 2.11. The summed E-state index contributed by atoms with van der Waals surface area (Å²) in [5.74, 6) is 0.0423. The fourth-order valence-corrected chi connectivity index (χ4v) is 1.82. The lowest BCUT2D eigenvalue weighted by Crippen LogP contribution is -2.28. The van der Waals surface area contributed by atoms with Crippen molar-refractivity contribution in [3.05, 3.63) is 66.0 Å². The van der Waals surface area contributed by atoms with Crippen LogP contribution in [0.15, 0.2) is 54.9 Å². The summed E-state index contributed by atoms with van der Waals surface area (Å²) in [7, 11) is 0. The van der Waals surface area contributed by atoms with Crippen LogP contribution in [0.4, 0.5) is 0 Å². The Balaban J connectivity index is 2.32. The van der Waals surface area contributed by atoms with Crippen LogP contribution in [0.25, 0.3) is 0 Å². The molecule has 0 saturated heterocycles. The van der Waals surface area contributed by atoms with Gasteiger partial charge in [0, 0.05) is 18.8 Å². The zero-order chi connectivity index (χ0) is 12.8. The van der Waals surface area contributed by atoms with Gasteiger partial charge in [-0.15, -0.1) is 0 Å². The highest BCUT2D eigenvalue weighted by Gasteiger charge is 2.15. The lowest BCUT2D eigenvalue weighted by atomic mass is 9.99. The molecule has 0 saturated carbocycles. The maximum absolute atomic E-state index is 11.6. The molecule has 3 heteroatoms. The van der Waals surface area contributed by atoms with Crippen LogP contribution in [-0.4, -0.2) is 10.9 Å². The van der Waals surface area contributed by atoms with Crippen LogP contribution in [0, 0.1) is 0 Å². The van der Waals surface area contributed by atoms with Crippen LogP contribution in [-0.2, 0) is 4.79 Å². The Morgan fingerprint density at radius 1 is 1.11 bits per heavy atom. The number of hydrogen-bond donors (Lipinski definition) is 1. The van der Waals surface area contributed by atoms with E-state index in [0.717, 1.165) is 11.1 Å². The average molecular weight is 240 g/mol. The first-order chi connectivity index (χ1) is 8.81. The number of pyridine rings is 1. The Bertz CT molecular complexity index is 457. The van der Waals surface area contributed by atoms with Gasteiger partial charge in [-0.2, -0.15) is 0 Å². The highest BCUT2D eigenvalue weighted by Crippen LogP contribution is 2.21. The third-order valence-electron chi connectivity index (χ3n) is 2.80. The molecular formula is C15H16N2O. The second kappa shape index (κ2) is 5.96. The quantitative estimate of drug-likeness (QED) is 0.892. The van der Waals surface area contributed by atoms with Gasteiger partial charge in [0.05, 0.1) is 6.04 Å². The van der Waals surface area contributed by atoms with E-state index in [1.807, 2.05) is 49.4 Å². The molecule has 1 unspecified atom stereocenters. The first-order valence-electron chi connectivity index (χ1n) is 6.05. The molecule has 1 N–H and O–H groups in total. The zero-order valence-electron chi connectivity index (χ0n) is 10.3. The third-order valence-corrected chi connectivity index (χ3v) is 2.80. The molecular weight excluding hydrogens is 224 g/mol. The Hall–Kier alpha value is -2.16. The number of rotatable bonds is 4. The molecule has 0 fully saturated rings. The van der Waals surface area contributed by atoms with Gasteiger partial charge in [0.25, 0.3) is 0 Å². The topological polar surface area (TPSA) is 42.0 Å². The van der Waals surface area contributed by atoms with Crippen molar-refractivity contribution in [2.75, 3.05) is 0 Å². The predicted molar refractivity (Wildman–Crippen MR) is 71.0 cm³/mol. The lowest BCUT2D eigenvalue weighted by Gasteiger charge is -2.19. The molecule has 1 atom stereocenters. The van der Waals surface area contributed by atoms with Gasteiger partial charge < -0.3 is 5.32 Å². The van der Waals surface area contributed by atoms with Gasteiger partial charge in [0.1, 0.15) is 0 Å². The van der Waals surface area contributed by atoms with E-state index in [-0.39, 0.29) is 11.9 Å². The maximum atomic E-state index is 11.6. The van der Waals surface area contributed by atoms with Gasteiger partial charge in [-0.1, -0.05) is 37.3 Å². The summed E-state index contributed by atoms with van der Waals surface area (Å²) in [6.07, 6.45) is 3.96. The zero-order valence-corrected chi connectivity index (χ0v) is 10.3. The van der Waals surface area contributed by atoms with Gasteiger partial charge >= 0.3 is 0 Å². The summed E-state index contributed by atoms with van der Waals surface area (Å²) in [6, 6.07) is 13.7. The fraction of sp³-hybridized carbons (Fsp3) is 0.200. The summed E-state index contributed by atoms with van der Waals surface area (Å²) in [6.45, 7) is 1.85. The third kappa shape index (κ3) is 2.94. The van der Waals surface area contributed by atoms with E-state index in [4.69, 9.17) is 0 Å². The molecule has 2 rings (SSSR count). The van der Waals surface area contributed by atoms with E-state index >= 15 is 0 Å². The largest absolute Gasteiger partial charge is 0.345 e. The predicted octanol–water partition coefficient (Wildman–Crippen LogP) is 2.70. The normalized spacial score (nSPS) is 11.8. The second-order valence-electron chi connectivity index (χ2n) is 4.05. The van der Waals surface area contributed by atoms with Crippen molar-refractivity contribution in [1.82, 2.24) is 10.3 Å². The van der Waals surface area contributed by atoms with E-state index in [1.165, 1.54) is 0 Å². The Morgan fingerprint density at radius 3 is 2.33 bits per heavy atom. The molecule has 1 aromatic carbocycles. The van der Waals surface area contributed by atoms with Crippen LogP contribution in [0.2, 0.25) is 0 Å². The first kappa shape index (κ1) is 12.3. The van der Waals surface area contributed by atoms with Crippen molar-refractivity contribution in [2.45, 2.75) is 19.4 Å². The van der Waals surface area contributed by atoms with Crippen LogP contribution >= 0.6 is 0 Å². The minimum absolute atomic E-state index is 0.0423. The van der Waals surface area contributed by atoms with E-state index in [0.29, 0.717) is 6.42 Å². The van der Waals surface area contributed by atoms with Crippen LogP contribution in [0.5, 0.6) is 0 Å². The van der Waals surface area contributed by atoms with Gasteiger partial charge in [0.2, 0.25) is 5.91 Å². The molecule has 1 amide bonds. The van der Waals surface area contributed by atoms with E-state index in [2.05, 4.69) is 10.3 Å². The monoisotopic (exact) mass is 240 g/mol. The van der Waals surface area contributed by atoms with Crippen molar-refractivity contribution in [3.63, 3.8) is 0 Å². The minimum atomic E-state index is -0.110. The summed E-state index contributed by atoms with van der Waals surface area (Å²) in [4.78, 5) is 15.7. The van der Waals surface area contributed by atoms with Gasteiger partial charge in [-0.25, -0.2) is 0 Å². The smallest absolute Gasteiger partial charge is 0.220 e. The molecule has 0 aliphatic rings. The number of carbonyl (C=O) groups excluding carboxylic acids is 1. The molecule has 18 heavy (non-hydrogen) atoms. The van der Waals surface area contributed by atoms with Crippen molar-refractivity contribution in [1.29, 1.82) is 0 Å². The number of nitrogens with one attached hydrogen (secondary N) is 1. The summed E-state index contributed by atoms with van der Waals surface area (Å²) in [5, 5.41) is 3.03. The number of carbonyl (C=O) groups is 1. The molecule has 0 radical (unpaired) electrons. The number of hydrogen-bond acceptors (Lipinski definition) is 2. The van der Waals surface area contributed by atoms with Gasteiger partial charge in [-0.3, -0.25) is 9.78 Å². The number of amides is 1. The molecule has 0 spiro atoms. The molecule has 0 bridgehead atoms. The molecule has 0 aliphatic heterocycles. The van der Waals surface area contributed by atoms with Crippen LogP contribution in [0.1, 0.15) is 30.5 Å².